The Labute approximate surface area is 123 Å². The van der Waals surface area contributed by atoms with Gasteiger partial charge in [-0.3, -0.25) is 4.79 Å². The minimum absolute atomic E-state index is 0. The maximum absolute atomic E-state index is 11.6. The second kappa shape index (κ2) is 10.9. The number of hydrogen-bond donors (Lipinski definition) is 2. The molecule has 1 fully saturated rings. The van der Waals surface area contributed by atoms with E-state index in [1.165, 1.54) is 32.4 Å². The van der Waals surface area contributed by atoms with Gasteiger partial charge in [-0.2, -0.15) is 0 Å². The van der Waals surface area contributed by atoms with E-state index in [4.69, 9.17) is 5.73 Å². The van der Waals surface area contributed by atoms with E-state index in [0.717, 1.165) is 6.54 Å². The van der Waals surface area contributed by atoms with Gasteiger partial charge in [0.1, 0.15) is 0 Å². The summed E-state index contributed by atoms with van der Waals surface area (Å²) in [6, 6.07) is 0.222. The molecule has 18 heavy (non-hydrogen) atoms. The van der Waals surface area contributed by atoms with Crippen LogP contribution < -0.4 is 11.1 Å². The van der Waals surface area contributed by atoms with Gasteiger partial charge < -0.3 is 16.0 Å². The number of nitrogens with zero attached hydrogens (tertiary/aromatic N) is 1. The summed E-state index contributed by atoms with van der Waals surface area (Å²) in [5.74, 6) is -0.00387. The highest BCUT2D eigenvalue weighted by Crippen LogP contribution is 2.08. The fourth-order valence-electron chi connectivity index (χ4n) is 2.07. The zero-order chi connectivity index (χ0) is 12.0. The summed E-state index contributed by atoms with van der Waals surface area (Å²) in [5.41, 5.74) is 5.46. The average Bonchev–Trinajstić information content (AvgIpc) is 2.29. The summed E-state index contributed by atoms with van der Waals surface area (Å²) in [5, 5.41) is 3.02. The molecule has 0 bridgehead atoms. The van der Waals surface area contributed by atoms with Crippen LogP contribution in [-0.4, -0.2) is 43.0 Å². The summed E-state index contributed by atoms with van der Waals surface area (Å²) in [6.45, 7) is 7.66. The maximum Gasteiger partial charge on any atom is 0.224 e. The van der Waals surface area contributed by atoms with Crippen LogP contribution in [0, 0.1) is 5.92 Å². The number of rotatable bonds is 5. The molecule has 1 rings (SSSR count). The molecule has 4 nitrogen and oxygen atoms in total. The first-order valence-electron chi connectivity index (χ1n) is 6.36. The highest BCUT2D eigenvalue weighted by Gasteiger charge is 2.17. The van der Waals surface area contributed by atoms with Crippen molar-refractivity contribution >= 4 is 30.7 Å². The number of carbonyl (C=O) groups excluding carboxylic acids is 1. The lowest BCUT2D eigenvalue weighted by Gasteiger charge is -2.29. The highest BCUT2D eigenvalue weighted by atomic mass is 35.5. The number of amides is 1. The van der Waals surface area contributed by atoms with Crippen LogP contribution in [0.25, 0.3) is 0 Å². The van der Waals surface area contributed by atoms with Crippen LogP contribution in [0.5, 0.6) is 0 Å². The van der Waals surface area contributed by atoms with Crippen molar-refractivity contribution in [1.82, 2.24) is 10.2 Å². The molecule has 110 valence electrons. The first kappa shape index (κ1) is 20.3. The van der Waals surface area contributed by atoms with E-state index in [1.54, 1.807) is 0 Å². The van der Waals surface area contributed by atoms with Crippen LogP contribution in [0.15, 0.2) is 0 Å². The third-order valence-corrected chi connectivity index (χ3v) is 3.17. The minimum Gasteiger partial charge on any atom is -0.352 e. The van der Waals surface area contributed by atoms with Gasteiger partial charge in [0.2, 0.25) is 5.91 Å². The smallest absolute Gasteiger partial charge is 0.224 e. The van der Waals surface area contributed by atoms with E-state index in [1.807, 2.05) is 6.92 Å². The third-order valence-electron chi connectivity index (χ3n) is 3.17. The Morgan fingerprint density at radius 3 is 2.28 bits per heavy atom. The number of nitrogens with two attached hydrogens (primary N) is 1. The van der Waals surface area contributed by atoms with Crippen molar-refractivity contribution in [3.05, 3.63) is 0 Å². The lowest BCUT2D eigenvalue weighted by atomic mass is 10.1. The molecule has 0 spiro atoms. The van der Waals surface area contributed by atoms with Gasteiger partial charge in [0.15, 0.2) is 0 Å². The number of likely N-dealkylation sites (tertiary alicyclic amines) is 1. The standard InChI is InChI=1S/C12H25N3O.2ClH/c1-10(8-13)12(16)14-11(2)9-15-6-4-3-5-7-15;;/h10-11H,3-9,13H2,1-2H3,(H,14,16);2*1H. The largest absolute Gasteiger partial charge is 0.352 e. The SMILES string of the molecule is CC(CN1CCCCC1)NC(=O)C(C)CN.Cl.Cl. The molecular weight excluding hydrogens is 273 g/mol. The van der Waals surface area contributed by atoms with Crippen molar-refractivity contribution < 1.29 is 4.79 Å². The molecule has 0 aromatic rings. The van der Waals surface area contributed by atoms with Crippen molar-refractivity contribution in [2.75, 3.05) is 26.2 Å². The van der Waals surface area contributed by atoms with Gasteiger partial charge in [0.05, 0.1) is 0 Å². The first-order chi connectivity index (χ1) is 7.63. The molecule has 1 aliphatic heterocycles. The Hall–Kier alpha value is -0.0300. The molecular formula is C12H27Cl2N3O. The molecule has 0 aliphatic carbocycles. The predicted octanol–water partition coefficient (Wildman–Crippen LogP) is 1.42. The molecule has 6 heteroatoms. The first-order valence-corrected chi connectivity index (χ1v) is 6.36. The molecule has 3 N–H and O–H groups in total. The Bertz CT molecular complexity index is 223. The maximum atomic E-state index is 11.6. The quantitative estimate of drug-likeness (QED) is 0.807. The van der Waals surface area contributed by atoms with Crippen molar-refractivity contribution in [2.24, 2.45) is 11.7 Å². The van der Waals surface area contributed by atoms with Gasteiger partial charge >= 0.3 is 0 Å². The van der Waals surface area contributed by atoms with Crippen LogP contribution >= 0.6 is 24.8 Å². The number of carbonyl (C=O) groups is 1. The molecule has 1 saturated heterocycles. The van der Waals surface area contributed by atoms with E-state index < -0.39 is 0 Å². The molecule has 2 unspecified atom stereocenters. The van der Waals surface area contributed by atoms with Gasteiger partial charge in [0.25, 0.3) is 0 Å². The van der Waals surface area contributed by atoms with E-state index in [9.17, 15) is 4.79 Å². The molecule has 1 amide bonds. The second-order valence-electron chi connectivity index (χ2n) is 4.91. The summed E-state index contributed by atoms with van der Waals surface area (Å²) >= 11 is 0. The van der Waals surface area contributed by atoms with Crippen LogP contribution in [-0.2, 0) is 4.79 Å². The van der Waals surface area contributed by atoms with Crippen molar-refractivity contribution in [3.8, 4) is 0 Å². The van der Waals surface area contributed by atoms with Gasteiger partial charge in [-0.1, -0.05) is 13.3 Å². The van der Waals surface area contributed by atoms with Crippen LogP contribution in [0.4, 0.5) is 0 Å². The average molecular weight is 300 g/mol. The van der Waals surface area contributed by atoms with Crippen LogP contribution in [0.2, 0.25) is 0 Å². The number of halogens is 2. The van der Waals surface area contributed by atoms with E-state index >= 15 is 0 Å². The Morgan fingerprint density at radius 1 is 1.22 bits per heavy atom. The lowest BCUT2D eigenvalue weighted by molar-refractivity contribution is -0.124. The van der Waals surface area contributed by atoms with Crippen molar-refractivity contribution in [3.63, 3.8) is 0 Å². The highest BCUT2D eigenvalue weighted by molar-refractivity contribution is 5.85. The summed E-state index contributed by atoms with van der Waals surface area (Å²) in [6.07, 6.45) is 3.93. The van der Waals surface area contributed by atoms with Crippen molar-refractivity contribution in [2.45, 2.75) is 39.2 Å². The predicted molar refractivity (Wildman–Crippen MR) is 80.6 cm³/mol. The summed E-state index contributed by atoms with van der Waals surface area (Å²) < 4.78 is 0. The molecule has 1 aliphatic rings. The Balaban J connectivity index is 0. The van der Waals surface area contributed by atoms with Gasteiger partial charge in [-0.25, -0.2) is 0 Å². The molecule has 0 aromatic carbocycles. The van der Waals surface area contributed by atoms with Gasteiger partial charge in [-0.05, 0) is 32.9 Å². The van der Waals surface area contributed by atoms with Crippen molar-refractivity contribution in [1.29, 1.82) is 0 Å². The monoisotopic (exact) mass is 299 g/mol. The molecule has 1 heterocycles. The third kappa shape index (κ3) is 7.41. The fraction of sp³-hybridized carbons (Fsp3) is 0.917. The second-order valence-corrected chi connectivity index (χ2v) is 4.91. The fourth-order valence-corrected chi connectivity index (χ4v) is 2.07. The van der Waals surface area contributed by atoms with Gasteiger partial charge in [-0.15, -0.1) is 24.8 Å². The topological polar surface area (TPSA) is 58.4 Å². The minimum atomic E-state index is -0.0798. The van der Waals surface area contributed by atoms with E-state index in [2.05, 4.69) is 17.1 Å². The molecule has 2 atom stereocenters. The molecule has 0 saturated carbocycles. The number of nitrogens with one attached hydrogen (secondary N) is 1. The van der Waals surface area contributed by atoms with E-state index in [0.29, 0.717) is 6.54 Å². The summed E-state index contributed by atoms with van der Waals surface area (Å²) in [4.78, 5) is 14.0. The zero-order valence-electron chi connectivity index (χ0n) is 11.4. The van der Waals surface area contributed by atoms with Gasteiger partial charge in [0, 0.05) is 25.0 Å². The Kier molecular flexibility index (Phi) is 12.2. The Morgan fingerprint density at radius 2 is 1.78 bits per heavy atom. The molecule has 0 aromatic heterocycles. The van der Waals surface area contributed by atoms with Crippen LogP contribution in [0.1, 0.15) is 33.1 Å². The molecule has 0 radical (unpaired) electrons. The van der Waals surface area contributed by atoms with Crippen LogP contribution in [0.3, 0.4) is 0 Å². The normalized spacial score (nSPS) is 19.1. The lowest BCUT2D eigenvalue weighted by Crippen LogP contribution is -2.46. The zero-order valence-corrected chi connectivity index (χ0v) is 13.0. The number of hydrogen-bond acceptors (Lipinski definition) is 3. The number of piperidine rings is 1. The summed E-state index contributed by atoms with van der Waals surface area (Å²) in [7, 11) is 0. The van der Waals surface area contributed by atoms with E-state index in [-0.39, 0.29) is 42.7 Å².